The molecule has 0 saturated heterocycles. The molecule has 1 rings (SSSR count). The molecular weight excluding hydrogens is 128 g/mol. The molecule has 3 heteroatoms. The molecule has 0 aliphatic carbocycles. The number of aliphatic hydroxyl groups is 1. The highest BCUT2D eigenvalue weighted by Crippen LogP contribution is 2.08. The number of nitrogens with zero attached hydrogens (tertiary/aromatic N) is 1. The number of dihydropyridines is 1. The van der Waals surface area contributed by atoms with Gasteiger partial charge in [-0.2, -0.15) is 5.26 Å². The maximum atomic E-state index is 9.08. The Hall–Kier alpha value is -1.43. The summed E-state index contributed by atoms with van der Waals surface area (Å²) < 4.78 is 0. The Bertz CT molecular complexity index is 245. The zero-order valence-electron chi connectivity index (χ0n) is 5.68. The summed E-state index contributed by atoms with van der Waals surface area (Å²) in [4.78, 5) is 0. The normalized spacial score (nSPS) is 17.4. The highest BCUT2D eigenvalue weighted by molar-refractivity contribution is 5.36. The molecule has 0 fully saturated rings. The van der Waals surface area contributed by atoms with Crippen LogP contribution in [0.3, 0.4) is 0 Å². The Morgan fingerprint density at radius 3 is 3.00 bits per heavy atom. The molecule has 0 radical (unpaired) electrons. The van der Waals surface area contributed by atoms with Gasteiger partial charge in [-0.1, -0.05) is 0 Å². The first-order chi connectivity index (χ1) is 4.74. The molecule has 0 saturated carbocycles. The van der Waals surface area contributed by atoms with Crippen LogP contribution in [0.2, 0.25) is 0 Å². The van der Waals surface area contributed by atoms with Crippen LogP contribution in [0.5, 0.6) is 0 Å². The largest absolute Gasteiger partial charge is 0.507 e. The van der Waals surface area contributed by atoms with E-state index in [-0.39, 0.29) is 5.76 Å². The van der Waals surface area contributed by atoms with Gasteiger partial charge >= 0.3 is 0 Å². The van der Waals surface area contributed by atoms with Gasteiger partial charge in [-0.3, -0.25) is 0 Å². The first-order valence-corrected chi connectivity index (χ1v) is 2.98. The zero-order chi connectivity index (χ0) is 7.56. The Labute approximate surface area is 59.3 Å². The van der Waals surface area contributed by atoms with E-state index in [2.05, 4.69) is 5.32 Å². The van der Waals surface area contributed by atoms with Gasteiger partial charge in [-0.25, -0.2) is 0 Å². The highest BCUT2D eigenvalue weighted by atomic mass is 16.3. The average Bonchev–Trinajstić information content (AvgIpc) is 1.88. The number of allylic oxidation sites excluding steroid dienone is 2. The van der Waals surface area contributed by atoms with Crippen molar-refractivity contribution in [2.24, 2.45) is 0 Å². The highest BCUT2D eigenvalue weighted by Gasteiger charge is 2.07. The number of nitriles is 1. The minimum Gasteiger partial charge on any atom is -0.507 e. The summed E-state index contributed by atoms with van der Waals surface area (Å²) in [6, 6.07) is 1.90. The Morgan fingerprint density at radius 2 is 2.50 bits per heavy atom. The maximum absolute atomic E-state index is 9.08. The lowest BCUT2D eigenvalue weighted by Crippen LogP contribution is -2.19. The Morgan fingerprint density at radius 1 is 1.80 bits per heavy atom. The van der Waals surface area contributed by atoms with Crippen LogP contribution in [-0.2, 0) is 0 Å². The lowest BCUT2D eigenvalue weighted by atomic mass is 10.1. The van der Waals surface area contributed by atoms with Gasteiger partial charge < -0.3 is 10.4 Å². The lowest BCUT2D eigenvalue weighted by Gasteiger charge is -2.11. The van der Waals surface area contributed by atoms with Crippen molar-refractivity contribution in [3.63, 3.8) is 0 Å². The second kappa shape index (κ2) is 2.44. The first kappa shape index (κ1) is 6.69. The van der Waals surface area contributed by atoms with Crippen molar-refractivity contribution >= 4 is 0 Å². The van der Waals surface area contributed by atoms with E-state index >= 15 is 0 Å². The van der Waals surface area contributed by atoms with Crippen molar-refractivity contribution in [2.45, 2.75) is 6.92 Å². The molecule has 1 aliphatic heterocycles. The summed E-state index contributed by atoms with van der Waals surface area (Å²) in [7, 11) is 0. The van der Waals surface area contributed by atoms with Crippen molar-refractivity contribution in [1.82, 2.24) is 5.32 Å². The van der Waals surface area contributed by atoms with Crippen molar-refractivity contribution in [3.8, 4) is 6.07 Å². The molecule has 0 spiro atoms. The van der Waals surface area contributed by atoms with Crippen molar-refractivity contribution in [3.05, 3.63) is 23.1 Å². The van der Waals surface area contributed by atoms with Crippen LogP contribution in [0.15, 0.2) is 23.1 Å². The molecule has 10 heavy (non-hydrogen) atoms. The van der Waals surface area contributed by atoms with Crippen molar-refractivity contribution in [2.75, 3.05) is 6.54 Å². The number of hydrogen-bond acceptors (Lipinski definition) is 3. The third-order valence-electron chi connectivity index (χ3n) is 1.34. The number of rotatable bonds is 0. The van der Waals surface area contributed by atoms with E-state index in [1.54, 1.807) is 6.08 Å². The summed E-state index contributed by atoms with van der Waals surface area (Å²) in [5, 5.41) is 20.4. The monoisotopic (exact) mass is 136 g/mol. The minimum absolute atomic E-state index is 0.0822. The van der Waals surface area contributed by atoms with Gasteiger partial charge in [-0.15, -0.1) is 0 Å². The average molecular weight is 136 g/mol. The first-order valence-electron chi connectivity index (χ1n) is 2.98. The van der Waals surface area contributed by atoms with Gasteiger partial charge in [0.1, 0.15) is 11.8 Å². The van der Waals surface area contributed by atoms with Crippen LogP contribution in [-0.4, -0.2) is 11.7 Å². The van der Waals surface area contributed by atoms with E-state index in [4.69, 9.17) is 10.4 Å². The van der Waals surface area contributed by atoms with Gasteiger partial charge in [-0.05, 0) is 13.0 Å². The fourth-order valence-corrected chi connectivity index (χ4v) is 0.758. The van der Waals surface area contributed by atoms with Crippen LogP contribution >= 0.6 is 0 Å². The van der Waals surface area contributed by atoms with Crippen molar-refractivity contribution < 1.29 is 5.11 Å². The minimum atomic E-state index is 0.0822. The predicted octanol–water partition coefficient (Wildman–Crippen LogP) is 0.829. The van der Waals surface area contributed by atoms with Crippen LogP contribution in [0.4, 0.5) is 0 Å². The summed E-state index contributed by atoms with van der Waals surface area (Å²) in [5.41, 5.74) is 1.28. The number of nitrogens with one attached hydrogen (secondary N) is 1. The molecule has 0 bridgehead atoms. The molecule has 0 unspecified atom stereocenters. The number of aliphatic hydroxyl groups excluding tert-OH is 1. The lowest BCUT2D eigenvalue weighted by molar-refractivity contribution is 0.421. The third kappa shape index (κ3) is 1.11. The van der Waals surface area contributed by atoms with Gasteiger partial charge in [0.2, 0.25) is 0 Å². The molecular formula is C7H8N2O. The van der Waals surface area contributed by atoms with E-state index in [9.17, 15) is 0 Å². The van der Waals surface area contributed by atoms with E-state index < -0.39 is 0 Å². The maximum Gasteiger partial charge on any atom is 0.132 e. The summed E-state index contributed by atoms with van der Waals surface area (Å²) in [6.45, 7) is 2.27. The molecule has 52 valence electrons. The molecule has 3 nitrogen and oxygen atoms in total. The van der Waals surface area contributed by atoms with Gasteiger partial charge in [0, 0.05) is 5.70 Å². The number of hydrogen-bond donors (Lipinski definition) is 2. The predicted molar refractivity (Wildman–Crippen MR) is 37.0 cm³/mol. The van der Waals surface area contributed by atoms with Crippen LogP contribution < -0.4 is 5.32 Å². The zero-order valence-corrected chi connectivity index (χ0v) is 5.68. The fourth-order valence-electron chi connectivity index (χ4n) is 0.758. The quantitative estimate of drug-likeness (QED) is 0.518. The summed E-state index contributed by atoms with van der Waals surface area (Å²) in [5.74, 6) is 0.0822. The van der Waals surface area contributed by atoms with Crippen LogP contribution in [0.1, 0.15) is 6.92 Å². The molecule has 1 heterocycles. The van der Waals surface area contributed by atoms with E-state index in [0.29, 0.717) is 12.1 Å². The molecule has 0 amide bonds. The van der Waals surface area contributed by atoms with E-state index in [1.165, 1.54) is 0 Å². The van der Waals surface area contributed by atoms with E-state index in [1.807, 2.05) is 13.0 Å². The second-order valence-electron chi connectivity index (χ2n) is 2.16. The molecule has 2 N–H and O–H groups in total. The van der Waals surface area contributed by atoms with Gasteiger partial charge in [0.25, 0.3) is 0 Å². The van der Waals surface area contributed by atoms with Gasteiger partial charge in [0.05, 0.1) is 12.1 Å². The van der Waals surface area contributed by atoms with Gasteiger partial charge in [0.15, 0.2) is 0 Å². The Kier molecular flexibility index (Phi) is 1.63. The molecule has 0 aromatic carbocycles. The SMILES string of the molecule is CC1=CC(O)=C(C#N)CN1. The van der Waals surface area contributed by atoms with Crippen molar-refractivity contribution in [1.29, 1.82) is 5.26 Å². The summed E-state index contributed by atoms with van der Waals surface area (Å²) in [6.07, 6.45) is 1.54. The smallest absolute Gasteiger partial charge is 0.132 e. The topological polar surface area (TPSA) is 56.0 Å². The molecule has 1 aliphatic rings. The molecule has 0 aromatic rings. The third-order valence-corrected chi connectivity index (χ3v) is 1.34. The molecule has 0 atom stereocenters. The van der Waals surface area contributed by atoms with Crippen LogP contribution in [0, 0.1) is 11.3 Å². The van der Waals surface area contributed by atoms with Crippen LogP contribution in [0.25, 0.3) is 0 Å². The second-order valence-corrected chi connectivity index (χ2v) is 2.16. The molecule has 0 aromatic heterocycles. The summed E-state index contributed by atoms with van der Waals surface area (Å²) >= 11 is 0. The fraction of sp³-hybridized carbons (Fsp3) is 0.286. The van der Waals surface area contributed by atoms with E-state index in [0.717, 1.165) is 5.70 Å². The Balaban J connectivity index is 2.93. The standard InChI is InChI=1S/C7H8N2O/c1-5-2-7(10)6(3-8)4-9-5/h2,9-10H,4H2,1H3.